The number of rotatable bonds is 4. The molecule has 1 heterocycles. The number of anilines is 2. The van der Waals surface area contributed by atoms with E-state index in [0.29, 0.717) is 5.69 Å². The van der Waals surface area contributed by atoms with Crippen LogP contribution in [0.1, 0.15) is 5.56 Å². The van der Waals surface area contributed by atoms with E-state index in [9.17, 15) is 20.2 Å². The van der Waals surface area contributed by atoms with Gasteiger partial charge in [0.15, 0.2) is 0 Å². The Balaban J connectivity index is 2.51. The van der Waals surface area contributed by atoms with Gasteiger partial charge in [0, 0.05) is 5.69 Å². The molecule has 0 saturated heterocycles. The Morgan fingerprint density at radius 1 is 1.30 bits per heavy atom. The van der Waals surface area contributed by atoms with Crippen LogP contribution in [0.25, 0.3) is 0 Å². The van der Waals surface area contributed by atoms with Crippen molar-refractivity contribution < 1.29 is 9.85 Å². The van der Waals surface area contributed by atoms with Crippen LogP contribution in [-0.4, -0.2) is 14.8 Å². The van der Waals surface area contributed by atoms with E-state index < -0.39 is 15.5 Å². The highest BCUT2D eigenvalue weighted by Crippen LogP contribution is 2.33. The van der Waals surface area contributed by atoms with E-state index in [-0.39, 0.29) is 17.1 Å². The molecular weight excluding hydrogens is 264 g/mol. The maximum atomic E-state index is 11.1. The number of nitrogens with zero attached hydrogens (tertiary/aromatic N) is 3. The predicted octanol–water partition coefficient (Wildman–Crippen LogP) is 2.75. The molecule has 0 aliphatic heterocycles. The first-order valence-corrected chi connectivity index (χ1v) is 5.52. The van der Waals surface area contributed by atoms with Crippen molar-refractivity contribution in [2.45, 2.75) is 6.92 Å². The van der Waals surface area contributed by atoms with Crippen molar-refractivity contribution >= 4 is 22.9 Å². The first-order valence-electron chi connectivity index (χ1n) is 5.52. The van der Waals surface area contributed by atoms with E-state index in [1.54, 1.807) is 24.3 Å². The summed E-state index contributed by atoms with van der Waals surface area (Å²) in [6.45, 7) is 1.32. The topological polar surface area (TPSA) is 111 Å². The Bertz CT molecular complexity index is 673. The average Bonchev–Trinajstić information content (AvgIpc) is 2.39. The lowest BCUT2D eigenvalue weighted by Crippen LogP contribution is -2.04. The van der Waals surface area contributed by atoms with Crippen LogP contribution in [0.3, 0.4) is 0 Å². The molecule has 0 bridgehead atoms. The molecule has 2 aromatic rings. The van der Waals surface area contributed by atoms with E-state index in [1.807, 2.05) is 0 Å². The Morgan fingerprint density at radius 3 is 2.60 bits per heavy atom. The van der Waals surface area contributed by atoms with Crippen LogP contribution in [0.15, 0.2) is 30.5 Å². The van der Waals surface area contributed by atoms with Gasteiger partial charge in [0.05, 0.1) is 9.85 Å². The smallest absolute Gasteiger partial charge is 0.321 e. The van der Waals surface area contributed by atoms with E-state index in [1.165, 1.54) is 6.92 Å². The van der Waals surface area contributed by atoms with Gasteiger partial charge in [-0.15, -0.1) is 0 Å². The first kappa shape index (κ1) is 13.4. The zero-order valence-corrected chi connectivity index (χ0v) is 10.4. The van der Waals surface area contributed by atoms with Crippen molar-refractivity contribution in [3.05, 3.63) is 62.3 Å². The van der Waals surface area contributed by atoms with Crippen LogP contribution >= 0.6 is 0 Å². The van der Waals surface area contributed by atoms with E-state index in [4.69, 9.17) is 0 Å². The monoisotopic (exact) mass is 273 g/mol. The summed E-state index contributed by atoms with van der Waals surface area (Å²) in [5.41, 5.74) is -0.293. The van der Waals surface area contributed by atoms with Gasteiger partial charge in [0.25, 0.3) is 5.69 Å². The first-order chi connectivity index (χ1) is 9.50. The molecule has 8 heteroatoms. The lowest BCUT2D eigenvalue weighted by molar-refractivity contribution is -0.395. The molecule has 0 fully saturated rings. The van der Waals surface area contributed by atoms with Crippen molar-refractivity contribution in [1.82, 2.24) is 4.98 Å². The normalized spacial score (nSPS) is 10.1. The second-order valence-electron chi connectivity index (χ2n) is 3.90. The standard InChI is InChI=1S/C12H9N4O4/c1-8-10(15(17)18)7-13-12(11(8)16(19)20)14-9-5-3-2-4-6-9/h2-3,5-7H,1H3,(H,13,14). The summed E-state index contributed by atoms with van der Waals surface area (Å²) in [6, 6.07) is 9.45. The highest BCUT2D eigenvalue weighted by Gasteiger charge is 2.27. The summed E-state index contributed by atoms with van der Waals surface area (Å²) in [6.07, 6.45) is 0.997. The lowest BCUT2D eigenvalue weighted by atomic mass is 10.2. The third-order valence-electron chi connectivity index (χ3n) is 2.63. The number of pyridine rings is 1. The molecular formula is C12H9N4O4. The molecule has 0 aliphatic carbocycles. The van der Waals surface area contributed by atoms with Crippen LogP contribution < -0.4 is 5.32 Å². The fraction of sp³-hybridized carbons (Fsp3) is 0.0833. The minimum atomic E-state index is -0.699. The lowest BCUT2D eigenvalue weighted by Gasteiger charge is -2.07. The molecule has 8 nitrogen and oxygen atoms in total. The quantitative estimate of drug-likeness (QED) is 0.677. The van der Waals surface area contributed by atoms with E-state index in [2.05, 4.69) is 16.4 Å². The number of nitrogens with one attached hydrogen (secondary N) is 1. The minimum absolute atomic E-state index is 0.0438. The summed E-state index contributed by atoms with van der Waals surface area (Å²) < 4.78 is 0. The number of hydrogen-bond acceptors (Lipinski definition) is 6. The Morgan fingerprint density at radius 2 is 2.05 bits per heavy atom. The Labute approximate surface area is 113 Å². The zero-order chi connectivity index (χ0) is 14.7. The second kappa shape index (κ2) is 5.31. The molecule has 0 saturated carbocycles. The summed E-state index contributed by atoms with van der Waals surface area (Å²) in [5, 5.41) is 24.6. The highest BCUT2D eigenvalue weighted by molar-refractivity contribution is 5.70. The van der Waals surface area contributed by atoms with Gasteiger partial charge in [-0.2, -0.15) is 0 Å². The van der Waals surface area contributed by atoms with Crippen molar-refractivity contribution in [3.63, 3.8) is 0 Å². The number of hydrogen-bond donors (Lipinski definition) is 1. The highest BCUT2D eigenvalue weighted by atomic mass is 16.6. The summed E-state index contributed by atoms with van der Waals surface area (Å²) in [5.74, 6) is -0.0438. The van der Waals surface area contributed by atoms with Gasteiger partial charge in [-0.05, 0) is 25.1 Å². The van der Waals surface area contributed by atoms with Gasteiger partial charge >= 0.3 is 5.69 Å². The molecule has 0 unspecified atom stereocenters. The molecule has 1 N–H and O–H groups in total. The maximum absolute atomic E-state index is 11.1. The van der Waals surface area contributed by atoms with E-state index >= 15 is 0 Å². The molecule has 2 rings (SSSR count). The number of benzene rings is 1. The number of nitro groups is 2. The molecule has 101 valence electrons. The molecule has 0 spiro atoms. The molecule has 0 atom stereocenters. The fourth-order valence-corrected chi connectivity index (χ4v) is 1.69. The van der Waals surface area contributed by atoms with Crippen LogP contribution in [0.4, 0.5) is 22.9 Å². The maximum Gasteiger partial charge on any atom is 0.321 e. The second-order valence-corrected chi connectivity index (χ2v) is 3.90. The summed E-state index contributed by atoms with van der Waals surface area (Å²) in [7, 11) is 0. The fourth-order valence-electron chi connectivity index (χ4n) is 1.69. The van der Waals surface area contributed by atoms with E-state index in [0.717, 1.165) is 6.20 Å². The van der Waals surface area contributed by atoms with Gasteiger partial charge in [0.1, 0.15) is 11.8 Å². The zero-order valence-electron chi connectivity index (χ0n) is 10.4. The summed E-state index contributed by atoms with van der Waals surface area (Å²) >= 11 is 0. The van der Waals surface area contributed by atoms with Crippen LogP contribution in [0, 0.1) is 33.2 Å². The SMILES string of the molecule is Cc1c([N+](=O)[O-])cnc(Nc2c[c]ccc2)c1[N+](=O)[O-]. The van der Waals surface area contributed by atoms with Crippen LogP contribution in [-0.2, 0) is 0 Å². The largest absolute Gasteiger partial charge is 0.334 e. The van der Waals surface area contributed by atoms with Gasteiger partial charge in [-0.3, -0.25) is 20.2 Å². The van der Waals surface area contributed by atoms with Crippen molar-refractivity contribution in [1.29, 1.82) is 0 Å². The molecule has 0 amide bonds. The molecule has 1 aromatic carbocycles. The van der Waals surface area contributed by atoms with Crippen LogP contribution in [0.2, 0.25) is 0 Å². The Hall–Kier alpha value is -3.03. The average molecular weight is 273 g/mol. The predicted molar refractivity (Wildman–Crippen MR) is 70.8 cm³/mol. The Kier molecular flexibility index (Phi) is 3.56. The van der Waals surface area contributed by atoms with Gasteiger partial charge in [-0.1, -0.05) is 12.1 Å². The molecule has 1 aromatic heterocycles. The molecule has 1 radical (unpaired) electrons. The van der Waals surface area contributed by atoms with Gasteiger partial charge < -0.3 is 5.32 Å². The van der Waals surface area contributed by atoms with Crippen molar-refractivity contribution in [3.8, 4) is 0 Å². The molecule has 20 heavy (non-hydrogen) atoms. The van der Waals surface area contributed by atoms with Crippen LogP contribution in [0.5, 0.6) is 0 Å². The van der Waals surface area contributed by atoms with Gasteiger partial charge in [0.2, 0.25) is 5.82 Å². The third-order valence-corrected chi connectivity index (χ3v) is 2.63. The van der Waals surface area contributed by atoms with Gasteiger partial charge in [-0.25, -0.2) is 4.98 Å². The number of aromatic nitrogens is 1. The van der Waals surface area contributed by atoms with Crippen molar-refractivity contribution in [2.24, 2.45) is 0 Å². The summed E-state index contributed by atoms with van der Waals surface area (Å²) in [4.78, 5) is 24.3. The minimum Gasteiger partial charge on any atom is -0.334 e. The van der Waals surface area contributed by atoms with Crippen molar-refractivity contribution in [2.75, 3.05) is 5.32 Å². The third kappa shape index (κ3) is 2.53. The molecule has 0 aliphatic rings.